The fourth-order valence-electron chi connectivity index (χ4n) is 1.94. The van der Waals surface area contributed by atoms with E-state index in [1.54, 1.807) is 11.8 Å². The van der Waals surface area contributed by atoms with E-state index in [4.69, 9.17) is 0 Å². The molecule has 0 bridgehead atoms. The lowest BCUT2D eigenvalue weighted by Crippen LogP contribution is -2.42. The Bertz CT molecular complexity index is 472. The van der Waals surface area contributed by atoms with Gasteiger partial charge < -0.3 is 0 Å². The molecule has 102 valence electrons. The molecule has 0 aromatic carbocycles. The molecule has 1 aliphatic rings. The number of nitrogens with zero attached hydrogens (tertiary/aromatic N) is 3. The molecule has 0 aliphatic heterocycles. The van der Waals surface area contributed by atoms with E-state index in [-0.39, 0.29) is 0 Å². The van der Waals surface area contributed by atoms with Crippen LogP contribution in [0.5, 0.6) is 0 Å². The molecule has 0 amide bonds. The average Bonchev–Trinajstić information content (AvgIpc) is 3.11. The summed E-state index contributed by atoms with van der Waals surface area (Å²) in [6.45, 7) is 5.94. The molecule has 0 spiro atoms. The van der Waals surface area contributed by atoms with E-state index >= 15 is 0 Å². The molecule has 1 aromatic rings. The van der Waals surface area contributed by atoms with E-state index in [1.807, 2.05) is 26.8 Å². The number of hydrogen-bond donors (Lipinski definition) is 1. The lowest BCUT2D eigenvalue weighted by molar-refractivity contribution is 0.433. The van der Waals surface area contributed by atoms with Crippen molar-refractivity contribution in [2.45, 2.75) is 56.8 Å². The third kappa shape index (κ3) is 4.48. The lowest BCUT2D eigenvalue weighted by atomic mass is 10.0. The maximum Gasteiger partial charge on any atom is 0.187 e. The van der Waals surface area contributed by atoms with Crippen LogP contribution in [0.1, 0.15) is 37.6 Å². The van der Waals surface area contributed by atoms with Crippen LogP contribution in [0, 0.1) is 25.2 Å². The van der Waals surface area contributed by atoms with E-state index in [2.05, 4.69) is 21.4 Å². The number of nitriles is 1. The average molecular weight is 276 g/mol. The highest BCUT2D eigenvalue weighted by molar-refractivity contribution is 7.99. The molecule has 1 heterocycles. The van der Waals surface area contributed by atoms with Gasteiger partial charge in [-0.1, -0.05) is 11.8 Å². The number of thioether (sulfide) groups is 1. The van der Waals surface area contributed by atoms with Crippen molar-refractivity contribution in [3.05, 3.63) is 17.5 Å². The number of rotatable bonds is 6. The summed E-state index contributed by atoms with van der Waals surface area (Å²) in [5.41, 5.74) is 1.57. The fourth-order valence-corrected chi connectivity index (χ4v) is 3.05. The van der Waals surface area contributed by atoms with E-state index in [0.717, 1.165) is 28.7 Å². The summed E-state index contributed by atoms with van der Waals surface area (Å²) in [7, 11) is 0. The maximum absolute atomic E-state index is 9.29. The van der Waals surface area contributed by atoms with Crippen LogP contribution in [0.15, 0.2) is 11.2 Å². The van der Waals surface area contributed by atoms with Crippen LogP contribution in [0.4, 0.5) is 0 Å². The van der Waals surface area contributed by atoms with Crippen LogP contribution >= 0.6 is 11.8 Å². The first kappa shape index (κ1) is 14.3. The van der Waals surface area contributed by atoms with Crippen molar-refractivity contribution in [1.82, 2.24) is 15.3 Å². The third-order valence-corrected chi connectivity index (χ3v) is 3.99. The van der Waals surface area contributed by atoms with Crippen LogP contribution in [-0.2, 0) is 0 Å². The van der Waals surface area contributed by atoms with Gasteiger partial charge in [-0.15, -0.1) is 0 Å². The molecule has 19 heavy (non-hydrogen) atoms. The van der Waals surface area contributed by atoms with E-state index in [9.17, 15) is 5.26 Å². The molecule has 5 heteroatoms. The van der Waals surface area contributed by atoms with Gasteiger partial charge in [0.05, 0.1) is 6.07 Å². The normalized spacial score (nSPS) is 17.8. The Hall–Kier alpha value is -1.12. The van der Waals surface area contributed by atoms with Crippen molar-refractivity contribution in [2.24, 2.45) is 0 Å². The predicted molar refractivity (Wildman–Crippen MR) is 77.0 cm³/mol. The van der Waals surface area contributed by atoms with Crippen molar-refractivity contribution in [2.75, 3.05) is 5.75 Å². The first-order valence-electron chi connectivity index (χ1n) is 6.65. The van der Waals surface area contributed by atoms with Gasteiger partial charge in [-0.2, -0.15) is 5.26 Å². The number of aryl methyl sites for hydroxylation is 2. The topological polar surface area (TPSA) is 61.6 Å². The summed E-state index contributed by atoms with van der Waals surface area (Å²) in [5.74, 6) is 0.854. The Morgan fingerprint density at radius 1 is 1.42 bits per heavy atom. The Balaban J connectivity index is 1.86. The molecule has 1 fully saturated rings. The lowest BCUT2D eigenvalue weighted by Gasteiger charge is -2.22. The molecular formula is C14H20N4S. The van der Waals surface area contributed by atoms with Crippen LogP contribution in [0.25, 0.3) is 0 Å². The van der Waals surface area contributed by atoms with Gasteiger partial charge in [0.15, 0.2) is 5.16 Å². The van der Waals surface area contributed by atoms with Gasteiger partial charge in [0.1, 0.15) is 5.54 Å². The summed E-state index contributed by atoms with van der Waals surface area (Å²) in [4.78, 5) is 8.80. The molecule has 0 saturated heterocycles. The van der Waals surface area contributed by atoms with Crippen molar-refractivity contribution in [3.8, 4) is 6.07 Å². The zero-order chi connectivity index (χ0) is 13.9. The molecule has 1 unspecified atom stereocenters. The minimum atomic E-state index is -0.424. The Kier molecular flexibility index (Phi) is 4.43. The number of nitrogens with one attached hydrogen (secondary N) is 1. The van der Waals surface area contributed by atoms with E-state index < -0.39 is 5.54 Å². The van der Waals surface area contributed by atoms with Crippen LogP contribution in [0.3, 0.4) is 0 Å². The van der Waals surface area contributed by atoms with Gasteiger partial charge in [0, 0.05) is 23.2 Å². The zero-order valence-corrected chi connectivity index (χ0v) is 12.5. The van der Waals surface area contributed by atoms with Crippen LogP contribution in [-0.4, -0.2) is 27.3 Å². The maximum atomic E-state index is 9.29. The Morgan fingerprint density at radius 3 is 2.58 bits per heavy atom. The summed E-state index contributed by atoms with van der Waals surface area (Å²) < 4.78 is 0. The van der Waals surface area contributed by atoms with Gasteiger partial charge in [-0.25, -0.2) is 9.97 Å². The third-order valence-electron chi connectivity index (χ3n) is 3.14. The second kappa shape index (κ2) is 5.89. The molecule has 1 saturated carbocycles. The highest BCUT2D eigenvalue weighted by Gasteiger charge is 2.32. The van der Waals surface area contributed by atoms with Crippen molar-refractivity contribution in [3.63, 3.8) is 0 Å². The standard InChI is InChI=1S/C14H20N4S/c1-10-8-11(2)17-13(16-10)19-7-6-14(3,9-15)18-12-4-5-12/h8,12,18H,4-7H2,1-3H3. The van der Waals surface area contributed by atoms with Crippen molar-refractivity contribution >= 4 is 11.8 Å². The highest BCUT2D eigenvalue weighted by atomic mass is 32.2. The highest BCUT2D eigenvalue weighted by Crippen LogP contribution is 2.25. The molecule has 4 nitrogen and oxygen atoms in total. The van der Waals surface area contributed by atoms with Crippen molar-refractivity contribution < 1.29 is 0 Å². The van der Waals surface area contributed by atoms with Crippen molar-refractivity contribution in [1.29, 1.82) is 5.26 Å². The minimum Gasteiger partial charge on any atom is -0.297 e. The summed E-state index contributed by atoms with van der Waals surface area (Å²) in [5, 5.41) is 13.5. The Labute approximate surface area is 119 Å². The molecule has 2 rings (SSSR count). The molecule has 1 aliphatic carbocycles. The van der Waals surface area contributed by atoms with Gasteiger partial charge in [-0.3, -0.25) is 5.32 Å². The van der Waals surface area contributed by atoms with E-state index in [1.165, 1.54) is 12.8 Å². The molecule has 1 atom stereocenters. The second-order valence-electron chi connectivity index (χ2n) is 5.39. The molecular weight excluding hydrogens is 256 g/mol. The summed E-state index contributed by atoms with van der Waals surface area (Å²) in [6, 6.07) is 4.91. The van der Waals surface area contributed by atoms with Gasteiger partial charge in [0.2, 0.25) is 0 Å². The second-order valence-corrected chi connectivity index (χ2v) is 6.46. The van der Waals surface area contributed by atoms with Crippen LogP contribution < -0.4 is 5.32 Å². The summed E-state index contributed by atoms with van der Waals surface area (Å²) >= 11 is 1.63. The first-order valence-corrected chi connectivity index (χ1v) is 7.63. The van der Waals surface area contributed by atoms with Gasteiger partial charge in [0.25, 0.3) is 0 Å². The monoisotopic (exact) mass is 276 g/mol. The quantitative estimate of drug-likeness (QED) is 0.639. The Morgan fingerprint density at radius 2 is 2.05 bits per heavy atom. The largest absolute Gasteiger partial charge is 0.297 e. The molecule has 0 radical (unpaired) electrons. The van der Waals surface area contributed by atoms with E-state index in [0.29, 0.717) is 6.04 Å². The first-order chi connectivity index (χ1) is 9.00. The summed E-state index contributed by atoms with van der Waals surface area (Å²) in [6.07, 6.45) is 3.20. The zero-order valence-electron chi connectivity index (χ0n) is 11.7. The SMILES string of the molecule is Cc1cc(C)nc(SCCC(C)(C#N)NC2CC2)n1. The molecule has 1 aromatic heterocycles. The molecule has 1 N–H and O–H groups in total. The predicted octanol–water partition coefficient (Wildman–Crippen LogP) is 2.61. The minimum absolute atomic E-state index is 0.424. The number of aromatic nitrogens is 2. The smallest absolute Gasteiger partial charge is 0.187 e. The number of hydrogen-bond acceptors (Lipinski definition) is 5. The van der Waals surface area contributed by atoms with Gasteiger partial charge in [-0.05, 0) is 46.1 Å². The van der Waals surface area contributed by atoms with Gasteiger partial charge >= 0.3 is 0 Å². The fraction of sp³-hybridized carbons (Fsp3) is 0.643. The van der Waals surface area contributed by atoms with Crippen LogP contribution in [0.2, 0.25) is 0 Å².